The van der Waals surface area contributed by atoms with E-state index in [1.54, 1.807) is 0 Å². The maximum absolute atomic E-state index is 12.3. The van der Waals surface area contributed by atoms with Crippen molar-refractivity contribution in [2.24, 2.45) is 18.9 Å². The van der Waals surface area contributed by atoms with Gasteiger partial charge in [0.25, 0.3) is 0 Å². The first-order valence-corrected chi connectivity index (χ1v) is 13.3. The Labute approximate surface area is 218 Å². The van der Waals surface area contributed by atoms with Gasteiger partial charge < -0.3 is 14.8 Å². The minimum atomic E-state index is 0.0676. The summed E-state index contributed by atoms with van der Waals surface area (Å²) < 4.78 is 4.12. The van der Waals surface area contributed by atoms with Crippen LogP contribution in [0, 0.1) is 11.8 Å². The average molecular weight is 500 g/mol. The number of nitrogens with one attached hydrogen (secondary N) is 1. The third-order valence-electron chi connectivity index (χ3n) is 7.32. The first-order chi connectivity index (χ1) is 17.8. The van der Waals surface area contributed by atoms with E-state index in [4.69, 9.17) is 4.98 Å². The maximum atomic E-state index is 12.3. The molecule has 0 atom stereocenters. The molecule has 1 fully saturated rings. The summed E-state index contributed by atoms with van der Waals surface area (Å²) in [6, 6.07) is 8.22. The molecule has 0 radical (unpaired) electrons. The van der Waals surface area contributed by atoms with Crippen LogP contribution in [0.2, 0.25) is 0 Å². The van der Waals surface area contributed by atoms with Gasteiger partial charge in [-0.15, -0.1) is 0 Å². The van der Waals surface area contributed by atoms with Crippen molar-refractivity contribution in [1.29, 1.82) is 0 Å². The van der Waals surface area contributed by atoms with Gasteiger partial charge in [0.15, 0.2) is 0 Å². The molecule has 1 N–H and O–H groups in total. The zero-order valence-corrected chi connectivity index (χ0v) is 22.5. The van der Waals surface area contributed by atoms with E-state index in [-0.39, 0.29) is 11.8 Å². The number of piperidine rings is 1. The highest BCUT2D eigenvalue weighted by Crippen LogP contribution is 2.27. The number of carbonyl (C=O) groups excluding carboxylic acids is 1. The van der Waals surface area contributed by atoms with Crippen LogP contribution in [-0.4, -0.2) is 48.2 Å². The van der Waals surface area contributed by atoms with Crippen molar-refractivity contribution >= 4 is 28.6 Å². The van der Waals surface area contributed by atoms with Crippen LogP contribution in [0.25, 0.3) is 22.2 Å². The van der Waals surface area contributed by atoms with E-state index < -0.39 is 0 Å². The van der Waals surface area contributed by atoms with Crippen LogP contribution in [0.1, 0.15) is 52.0 Å². The van der Waals surface area contributed by atoms with Crippen LogP contribution in [0.5, 0.6) is 0 Å². The third kappa shape index (κ3) is 5.53. The maximum Gasteiger partial charge on any atom is 0.225 e. The summed E-state index contributed by atoms with van der Waals surface area (Å²) in [5, 5.41) is 8.07. The number of rotatable bonds is 7. The highest BCUT2D eigenvalue weighted by Gasteiger charge is 2.24. The van der Waals surface area contributed by atoms with E-state index in [0.717, 1.165) is 66.3 Å². The number of pyridine rings is 2. The number of anilines is 2. The summed E-state index contributed by atoms with van der Waals surface area (Å²) in [5.41, 5.74) is 5.03. The molecule has 1 saturated heterocycles. The van der Waals surface area contributed by atoms with Crippen LogP contribution >= 0.6 is 0 Å². The van der Waals surface area contributed by atoms with E-state index in [2.05, 4.69) is 58.3 Å². The molecule has 8 nitrogen and oxygen atoms in total. The lowest BCUT2D eigenvalue weighted by Crippen LogP contribution is -2.41. The van der Waals surface area contributed by atoms with Crippen molar-refractivity contribution in [3.8, 4) is 11.1 Å². The van der Waals surface area contributed by atoms with Gasteiger partial charge in [0.1, 0.15) is 11.6 Å². The van der Waals surface area contributed by atoms with Gasteiger partial charge in [-0.1, -0.05) is 27.7 Å². The zero-order valence-electron chi connectivity index (χ0n) is 22.5. The Morgan fingerprint density at radius 3 is 2.51 bits per heavy atom. The fraction of sp³-hybridized carbons (Fsp3) is 0.448. The van der Waals surface area contributed by atoms with Crippen molar-refractivity contribution in [1.82, 2.24) is 29.2 Å². The molecule has 0 bridgehead atoms. The summed E-state index contributed by atoms with van der Waals surface area (Å²) in [5.74, 6) is 3.14. The van der Waals surface area contributed by atoms with Crippen LogP contribution < -0.4 is 5.32 Å². The summed E-state index contributed by atoms with van der Waals surface area (Å²) in [7, 11) is 2.04. The molecule has 4 aromatic rings. The van der Waals surface area contributed by atoms with Crippen molar-refractivity contribution in [3.05, 3.63) is 54.6 Å². The second-order valence-corrected chi connectivity index (χ2v) is 10.9. The predicted octanol–water partition coefficient (Wildman–Crippen LogP) is 5.59. The van der Waals surface area contributed by atoms with Crippen LogP contribution in [-0.2, 0) is 18.4 Å². The number of hydrogen-bond donors (Lipinski definition) is 1. The highest BCUT2D eigenvalue weighted by atomic mass is 16.2. The first kappa shape index (κ1) is 25.0. The molecule has 0 aliphatic carbocycles. The summed E-state index contributed by atoms with van der Waals surface area (Å²) >= 11 is 0. The fourth-order valence-electron chi connectivity index (χ4n) is 4.97. The largest absolute Gasteiger partial charge is 0.342 e. The predicted molar refractivity (Wildman–Crippen MR) is 148 cm³/mol. The smallest absolute Gasteiger partial charge is 0.225 e. The van der Waals surface area contributed by atoms with Crippen molar-refractivity contribution in [2.45, 2.75) is 53.0 Å². The van der Waals surface area contributed by atoms with Gasteiger partial charge in [-0.05, 0) is 54.5 Å². The number of nitrogens with zero attached hydrogens (tertiary/aromatic N) is 6. The van der Waals surface area contributed by atoms with Crippen LogP contribution in [0.15, 0.2) is 49.1 Å². The first-order valence-electron chi connectivity index (χ1n) is 13.3. The molecule has 1 aliphatic rings. The number of aryl methyl sites for hydroxylation is 1. The quantitative estimate of drug-likeness (QED) is 0.358. The molecule has 5 rings (SSSR count). The number of fused-ring (bicyclic) bond motifs is 1. The molecule has 1 aliphatic heterocycles. The molecule has 4 aromatic heterocycles. The van der Waals surface area contributed by atoms with Crippen molar-refractivity contribution in [2.75, 3.05) is 18.4 Å². The van der Waals surface area contributed by atoms with E-state index >= 15 is 0 Å². The minimum absolute atomic E-state index is 0.0676. The SMILES string of the molecule is CC(C)C(=O)N1CCC(Cn2cc(-c3cnc4ccc(Nc5cc(C(C)C)cn5C)nc4c3)cn2)CC1. The summed E-state index contributed by atoms with van der Waals surface area (Å²) in [6.45, 7) is 10.9. The molecule has 0 aromatic carbocycles. The molecular formula is C29H37N7O. The molecule has 0 spiro atoms. The van der Waals surface area contributed by atoms with Gasteiger partial charge in [0, 0.05) is 62.3 Å². The fourth-order valence-corrected chi connectivity index (χ4v) is 4.97. The lowest BCUT2D eigenvalue weighted by Gasteiger charge is -2.33. The molecule has 8 heteroatoms. The molecule has 0 unspecified atom stereocenters. The average Bonchev–Trinajstić information content (AvgIpc) is 3.50. The second-order valence-electron chi connectivity index (χ2n) is 10.9. The van der Waals surface area contributed by atoms with E-state index in [1.165, 1.54) is 5.56 Å². The van der Waals surface area contributed by atoms with E-state index in [0.29, 0.717) is 11.8 Å². The molecule has 5 heterocycles. The number of likely N-dealkylation sites (tertiary alicyclic amines) is 1. The Bertz CT molecular complexity index is 1390. The number of amides is 1. The van der Waals surface area contributed by atoms with Crippen LogP contribution in [0.4, 0.5) is 11.6 Å². The highest BCUT2D eigenvalue weighted by molar-refractivity contribution is 5.81. The normalized spacial score (nSPS) is 14.7. The van der Waals surface area contributed by atoms with Gasteiger partial charge in [-0.2, -0.15) is 5.10 Å². The van der Waals surface area contributed by atoms with Gasteiger partial charge in [0.2, 0.25) is 5.91 Å². The van der Waals surface area contributed by atoms with Gasteiger partial charge in [-0.25, -0.2) is 4.98 Å². The Morgan fingerprint density at radius 1 is 1.03 bits per heavy atom. The Hall–Kier alpha value is -3.68. The van der Waals surface area contributed by atoms with Gasteiger partial charge in [-0.3, -0.25) is 14.5 Å². The molecular weight excluding hydrogens is 462 g/mol. The molecule has 0 saturated carbocycles. The Morgan fingerprint density at radius 2 is 1.81 bits per heavy atom. The molecule has 194 valence electrons. The van der Waals surface area contributed by atoms with Crippen molar-refractivity contribution < 1.29 is 4.79 Å². The Kier molecular flexibility index (Phi) is 7.00. The standard InChI is InChI=1S/C29H37N7O/c1-19(2)23-13-28(34(5)17-23)33-27-7-6-25-26(32-27)12-22(14-30-25)24-15-31-36(18-24)16-21-8-10-35(11-9-21)29(37)20(3)4/h6-7,12-15,17-21H,8-11,16H2,1-5H3,(H,32,33). The number of aromatic nitrogens is 5. The summed E-state index contributed by atoms with van der Waals surface area (Å²) in [6.07, 6.45) is 10.1. The second kappa shape index (κ2) is 10.4. The molecule has 37 heavy (non-hydrogen) atoms. The van der Waals surface area contributed by atoms with E-state index in [1.807, 2.05) is 55.0 Å². The number of hydrogen-bond acceptors (Lipinski definition) is 5. The number of carbonyl (C=O) groups is 1. The summed E-state index contributed by atoms with van der Waals surface area (Å²) in [4.78, 5) is 23.8. The van der Waals surface area contributed by atoms with Crippen molar-refractivity contribution in [3.63, 3.8) is 0 Å². The lowest BCUT2D eigenvalue weighted by atomic mass is 9.96. The van der Waals surface area contributed by atoms with Crippen LogP contribution in [0.3, 0.4) is 0 Å². The van der Waals surface area contributed by atoms with Gasteiger partial charge in [0.05, 0.1) is 17.2 Å². The van der Waals surface area contributed by atoms with E-state index in [9.17, 15) is 4.79 Å². The lowest BCUT2D eigenvalue weighted by molar-refractivity contribution is -0.135. The third-order valence-corrected chi connectivity index (χ3v) is 7.32. The minimum Gasteiger partial charge on any atom is -0.342 e. The topological polar surface area (TPSA) is 80.9 Å². The van der Waals surface area contributed by atoms with Gasteiger partial charge >= 0.3 is 0 Å². The Balaban J connectivity index is 1.27. The zero-order chi connectivity index (χ0) is 26.1. The monoisotopic (exact) mass is 499 g/mol. The molecule has 1 amide bonds.